The molecule has 0 saturated carbocycles. The van der Waals surface area contributed by atoms with Gasteiger partial charge in [-0.05, 0) is 6.42 Å². The average molecular weight is 251 g/mol. The predicted octanol–water partition coefficient (Wildman–Crippen LogP) is 2.47. The van der Waals surface area contributed by atoms with Crippen LogP contribution in [-0.2, 0) is 28.1 Å². The molecule has 0 aliphatic heterocycles. The normalized spacial score (nSPS) is 14.3. The zero-order valence-electron chi connectivity index (χ0n) is 10.1. The largest absolute Gasteiger partial charge is 0.509 e. The Hall–Kier alpha value is -0.246. The van der Waals surface area contributed by atoms with E-state index in [-0.39, 0.29) is 36.2 Å². The molecule has 0 saturated heterocycles. The first-order valence-electron chi connectivity index (χ1n) is 4.80. The Kier molecular flexibility index (Phi) is 8.12. The van der Waals surface area contributed by atoms with Crippen LogP contribution in [0.5, 0.6) is 0 Å². The van der Waals surface area contributed by atoms with Crippen LogP contribution in [0.2, 0.25) is 0 Å². The maximum absolute atomic E-state index is 11.5. The fourth-order valence-corrected chi connectivity index (χ4v) is 0.940. The first-order valence-corrected chi connectivity index (χ1v) is 4.80. The van der Waals surface area contributed by atoms with E-state index in [4.69, 9.17) is 4.74 Å². The number of aliphatic hydroxyl groups is 1. The van der Waals surface area contributed by atoms with Crippen molar-refractivity contribution in [2.45, 2.75) is 40.2 Å². The second kappa shape index (κ2) is 7.10. The summed E-state index contributed by atoms with van der Waals surface area (Å²) in [6, 6.07) is 0. The van der Waals surface area contributed by atoms with Gasteiger partial charge in [0, 0.05) is 37.2 Å². The van der Waals surface area contributed by atoms with Gasteiger partial charge in [0.2, 0.25) is 0 Å². The molecule has 0 aromatic rings. The number of hydrogen-bond acceptors (Lipinski definition) is 3. The third kappa shape index (κ3) is 6.03. The summed E-state index contributed by atoms with van der Waals surface area (Å²) in [5, 5.41) is 9.56. The molecule has 0 aliphatic carbocycles. The summed E-state index contributed by atoms with van der Waals surface area (Å²) in [7, 11) is 1.51. The van der Waals surface area contributed by atoms with Gasteiger partial charge in [0.05, 0.1) is 0 Å². The number of rotatable bonds is 4. The number of ether oxygens (including phenoxy) is 1. The van der Waals surface area contributed by atoms with E-state index in [1.807, 2.05) is 27.7 Å². The molecule has 1 atom stereocenters. The maximum Gasteiger partial charge on any atom is 0.164 e. The summed E-state index contributed by atoms with van der Waals surface area (Å²) in [6.45, 7) is 7.33. The van der Waals surface area contributed by atoms with Crippen molar-refractivity contribution < 1.29 is 33.2 Å². The Balaban J connectivity index is 0. The minimum Gasteiger partial charge on any atom is -0.509 e. The minimum absolute atomic E-state index is 0. The molecule has 4 heteroatoms. The SMILES string of the molecule is CCC(OC)/C(O)=C/C(=O)C(C)(C)C.[V]. The Morgan fingerprint density at radius 2 is 1.93 bits per heavy atom. The minimum atomic E-state index is -0.458. The number of aliphatic hydroxyl groups excluding tert-OH is 1. The molecular weight excluding hydrogens is 231 g/mol. The van der Waals surface area contributed by atoms with Crippen LogP contribution in [0, 0.1) is 5.41 Å². The third-order valence-electron chi connectivity index (χ3n) is 2.00. The summed E-state index contributed by atoms with van der Waals surface area (Å²) in [4.78, 5) is 11.5. The average Bonchev–Trinajstić information content (AvgIpc) is 2.04. The van der Waals surface area contributed by atoms with Crippen LogP contribution in [0.25, 0.3) is 0 Å². The smallest absolute Gasteiger partial charge is 0.164 e. The summed E-state index contributed by atoms with van der Waals surface area (Å²) >= 11 is 0. The molecule has 0 amide bonds. The second-order valence-electron chi connectivity index (χ2n) is 4.32. The molecule has 0 aromatic carbocycles. The molecule has 0 fully saturated rings. The van der Waals surface area contributed by atoms with Crippen molar-refractivity contribution in [1.82, 2.24) is 0 Å². The Morgan fingerprint density at radius 3 is 2.20 bits per heavy atom. The zero-order chi connectivity index (χ0) is 11.4. The van der Waals surface area contributed by atoms with Gasteiger partial charge in [-0.15, -0.1) is 0 Å². The molecule has 1 N–H and O–H groups in total. The number of carbonyl (C=O) groups excluding carboxylic acids is 1. The maximum atomic E-state index is 11.5. The molecule has 1 unspecified atom stereocenters. The molecule has 0 heterocycles. The number of methoxy groups -OCH3 is 1. The van der Waals surface area contributed by atoms with Crippen molar-refractivity contribution in [3.63, 3.8) is 0 Å². The van der Waals surface area contributed by atoms with E-state index < -0.39 is 5.41 Å². The van der Waals surface area contributed by atoms with Crippen LogP contribution in [0.3, 0.4) is 0 Å². The fourth-order valence-electron chi connectivity index (χ4n) is 0.940. The van der Waals surface area contributed by atoms with Crippen molar-refractivity contribution in [2.24, 2.45) is 5.41 Å². The van der Waals surface area contributed by atoms with Gasteiger partial charge in [0.1, 0.15) is 11.9 Å². The summed E-state index contributed by atoms with van der Waals surface area (Å²) in [6.07, 6.45) is 1.54. The molecule has 0 rings (SSSR count). The van der Waals surface area contributed by atoms with Crippen molar-refractivity contribution in [2.75, 3.05) is 7.11 Å². The fraction of sp³-hybridized carbons (Fsp3) is 0.727. The summed E-state index contributed by atoms with van der Waals surface area (Å²) < 4.78 is 5.00. The number of allylic oxidation sites excluding steroid dienone is 1. The van der Waals surface area contributed by atoms with Gasteiger partial charge in [-0.3, -0.25) is 4.79 Å². The van der Waals surface area contributed by atoms with E-state index in [0.717, 1.165) is 0 Å². The Bertz CT molecular complexity index is 224. The van der Waals surface area contributed by atoms with Crippen LogP contribution in [0.15, 0.2) is 11.8 Å². The molecule has 0 bridgehead atoms. The van der Waals surface area contributed by atoms with Gasteiger partial charge in [-0.25, -0.2) is 0 Å². The molecule has 87 valence electrons. The van der Waals surface area contributed by atoms with E-state index in [9.17, 15) is 9.90 Å². The molecule has 0 spiro atoms. The van der Waals surface area contributed by atoms with Crippen LogP contribution in [0.4, 0.5) is 0 Å². The number of ketones is 1. The third-order valence-corrected chi connectivity index (χ3v) is 2.00. The van der Waals surface area contributed by atoms with Crippen LogP contribution in [0.1, 0.15) is 34.1 Å². The van der Waals surface area contributed by atoms with Crippen molar-refractivity contribution in [1.29, 1.82) is 0 Å². The Labute approximate surface area is 104 Å². The topological polar surface area (TPSA) is 46.5 Å². The van der Waals surface area contributed by atoms with Gasteiger partial charge >= 0.3 is 0 Å². The van der Waals surface area contributed by atoms with E-state index in [0.29, 0.717) is 6.42 Å². The van der Waals surface area contributed by atoms with Crippen molar-refractivity contribution in [3.05, 3.63) is 11.8 Å². The van der Waals surface area contributed by atoms with E-state index in [1.54, 1.807) is 0 Å². The monoisotopic (exact) mass is 251 g/mol. The quantitative estimate of drug-likeness (QED) is 0.616. The molecule has 15 heavy (non-hydrogen) atoms. The van der Waals surface area contributed by atoms with Gasteiger partial charge in [-0.1, -0.05) is 27.7 Å². The molecule has 0 aliphatic rings. The van der Waals surface area contributed by atoms with Gasteiger partial charge in [0.25, 0.3) is 0 Å². The summed E-state index contributed by atoms with van der Waals surface area (Å²) in [5.41, 5.74) is -0.458. The summed E-state index contributed by atoms with van der Waals surface area (Å²) in [5.74, 6) is -0.0829. The number of carbonyl (C=O) groups is 1. The Morgan fingerprint density at radius 1 is 1.47 bits per heavy atom. The molecule has 0 aromatic heterocycles. The molecular formula is C11H20O3V. The first kappa shape index (κ1) is 17.2. The van der Waals surface area contributed by atoms with Gasteiger partial charge in [0.15, 0.2) is 5.78 Å². The van der Waals surface area contributed by atoms with Gasteiger partial charge < -0.3 is 9.84 Å². The molecule has 1 radical (unpaired) electrons. The first-order chi connectivity index (χ1) is 6.32. The zero-order valence-corrected chi connectivity index (χ0v) is 11.5. The second-order valence-corrected chi connectivity index (χ2v) is 4.32. The van der Waals surface area contributed by atoms with E-state index >= 15 is 0 Å². The molecule has 3 nitrogen and oxygen atoms in total. The van der Waals surface area contributed by atoms with Crippen LogP contribution >= 0.6 is 0 Å². The number of hydrogen-bond donors (Lipinski definition) is 1. The van der Waals surface area contributed by atoms with E-state index in [1.165, 1.54) is 13.2 Å². The standard InChI is InChI=1S/C11H20O3.V/c1-6-9(14-5)8(12)7-10(13)11(2,3)4;/h7,9,12H,6H2,1-5H3;/b8-7-;. The van der Waals surface area contributed by atoms with E-state index in [2.05, 4.69) is 0 Å². The van der Waals surface area contributed by atoms with Crippen LogP contribution < -0.4 is 0 Å². The van der Waals surface area contributed by atoms with Crippen LogP contribution in [-0.4, -0.2) is 24.1 Å². The van der Waals surface area contributed by atoms with Gasteiger partial charge in [-0.2, -0.15) is 0 Å². The van der Waals surface area contributed by atoms with Crippen molar-refractivity contribution in [3.8, 4) is 0 Å². The predicted molar refractivity (Wildman–Crippen MR) is 56.3 cm³/mol. The van der Waals surface area contributed by atoms with Crippen molar-refractivity contribution >= 4 is 5.78 Å².